The Hall–Kier alpha value is -3.39. The van der Waals surface area contributed by atoms with Crippen molar-refractivity contribution in [3.05, 3.63) is 82.9 Å². The number of benzene rings is 3. The third-order valence-corrected chi connectivity index (χ3v) is 5.87. The summed E-state index contributed by atoms with van der Waals surface area (Å²) >= 11 is 0. The quantitative estimate of drug-likeness (QED) is 0.409. The van der Waals surface area contributed by atoms with Crippen LogP contribution >= 0.6 is 0 Å². The van der Waals surface area contributed by atoms with Gasteiger partial charge in [-0.25, -0.2) is 0 Å². The monoisotopic (exact) mass is 455 g/mol. The first-order valence-corrected chi connectivity index (χ1v) is 10.6. The van der Waals surface area contributed by atoms with Gasteiger partial charge in [0.2, 0.25) is 0 Å². The molecule has 0 aliphatic rings. The van der Waals surface area contributed by atoms with E-state index in [9.17, 15) is 23.4 Å². The van der Waals surface area contributed by atoms with E-state index in [-0.39, 0.29) is 29.1 Å². The fourth-order valence-electron chi connectivity index (χ4n) is 3.94. The van der Waals surface area contributed by atoms with Crippen molar-refractivity contribution in [1.29, 1.82) is 0 Å². The number of phenolic OH excluding ortho intramolecular Hbond substituents is 1. The lowest BCUT2D eigenvalue weighted by molar-refractivity contribution is -0.137. The molecule has 33 heavy (non-hydrogen) atoms. The number of rotatable bonds is 6. The number of fused-ring (bicyclic) bond motifs is 1. The predicted octanol–water partition coefficient (Wildman–Crippen LogP) is 5.40. The van der Waals surface area contributed by atoms with Crippen molar-refractivity contribution >= 4 is 11.0 Å². The summed E-state index contributed by atoms with van der Waals surface area (Å²) in [5.74, 6) is -0.0482. The van der Waals surface area contributed by atoms with Crippen molar-refractivity contribution in [2.45, 2.75) is 38.3 Å². The number of aromatic hydroxyl groups is 1. The lowest BCUT2D eigenvalue weighted by Gasteiger charge is -2.28. The van der Waals surface area contributed by atoms with E-state index in [4.69, 9.17) is 0 Å². The molecule has 4 aromatic rings. The maximum absolute atomic E-state index is 13.1. The minimum Gasteiger partial charge on any atom is -0.505 e. The molecule has 0 bridgehead atoms. The molecular weight excluding hydrogens is 431 g/mol. The Labute approximate surface area is 189 Å². The summed E-state index contributed by atoms with van der Waals surface area (Å²) in [6, 6.07) is 16.5. The van der Waals surface area contributed by atoms with Crippen LogP contribution in [-0.2, 0) is 18.0 Å². The fraction of sp³-hybridized carbons (Fsp3) is 0.280. The Morgan fingerprint density at radius 1 is 0.879 bits per heavy atom. The molecule has 4 rings (SSSR count). The third kappa shape index (κ3) is 4.43. The van der Waals surface area contributed by atoms with Crippen LogP contribution in [0.4, 0.5) is 13.2 Å². The Morgan fingerprint density at radius 3 is 2.24 bits per heavy atom. The smallest absolute Gasteiger partial charge is 0.416 e. The van der Waals surface area contributed by atoms with Crippen molar-refractivity contribution in [3.63, 3.8) is 0 Å². The first-order chi connectivity index (χ1) is 15.6. The number of aliphatic hydroxyl groups is 1. The van der Waals surface area contributed by atoms with Gasteiger partial charge in [-0.3, -0.25) is 0 Å². The molecule has 0 aliphatic carbocycles. The Kier molecular flexibility index (Phi) is 5.88. The van der Waals surface area contributed by atoms with Crippen LogP contribution < -0.4 is 0 Å². The number of aliphatic hydroxyl groups excluding tert-OH is 1. The van der Waals surface area contributed by atoms with E-state index in [1.165, 1.54) is 10.9 Å². The molecule has 0 saturated carbocycles. The van der Waals surface area contributed by atoms with Gasteiger partial charge in [-0.15, -0.1) is 15.0 Å². The molecule has 172 valence electrons. The van der Waals surface area contributed by atoms with Crippen LogP contribution in [0.3, 0.4) is 0 Å². The molecule has 0 fully saturated rings. The minimum absolute atomic E-state index is 0.0117. The summed E-state index contributed by atoms with van der Waals surface area (Å²) in [6.45, 7) is 3.98. The normalized spacial score (nSPS) is 12.4. The van der Waals surface area contributed by atoms with E-state index < -0.39 is 17.2 Å². The van der Waals surface area contributed by atoms with Crippen LogP contribution in [0.2, 0.25) is 0 Å². The van der Waals surface area contributed by atoms with Crippen LogP contribution in [0.5, 0.6) is 5.75 Å². The zero-order valence-electron chi connectivity index (χ0n) is 18.3. The minimum atomic E-state index is -4.49. The Balaban J connectivity index is 1.88. The predicted molar refractivity (Wildman–Crippen MR) is 120 cm³/mol. The Morgan fingerprint density at radius 2 is 1.58 bits per heavy atom. The van der Waals surface area contributed by atoms with Gasteiger partial charge < -0.3 is 10.2 Å². The number of halogens is 3. The zero-order chi connectivity index (χ0) is 23.8. The summed E-state index contributed by atoms with van der Waals surface area (Å²) in [5, 5.41) is 29.1. The summed E-state index contributed by atoms with van der Waals surface area (Å²) in [6.07, 6.45) is -3.41. The van der Waals surface area contributed by atoms with Crippen molar-refractivity contribution in [2.75, 3.05) is 6.61 Å². The van der Waals surface area contributed by atoms with Crippen molar-refractivity contribution in [3.8, 4) is 11.4 Å². The summed E-state index contributed by atoms with van der Waals surface area (Å²) in [5.41, 5.74) is 1.72. The van der Waals surface area contributed by atoms with E-state index in [0.717, 1.165) is 23.3 Å². The number of hydrogen-bond donors (Lipinski definition) is 2. The zero-order valence-corrected chi connectivity index (χ0v) is 18.3. The second-order valence-electron chi connectivity index (χ2n) is 8.52. The lowest BCUT2D eigenvalue weighted by Crippen LogP contribution is -2.20. The van der Waals surface area contributed by atoms with E-state index in [1.54, 1.807) is 6.07 Å². The van der Waals surface area contributed by atoms with E-state index in [0.29, 0.717) is 18.4 Å². The van der Waals surface area contributed by atoms with Crippen molar-refractivity contribution in [2.24, 2.45) is 0 Å². The first kappa shape index (κ1) is 22.8. The number of aryl methyl sites for hydroxylation is 1. The maximum atomic E-state index is 13.1. The van der Waals surface area contributed by atoms with E-state index in [1.807, 2.05) is 50.2 Å². The van der Waals surface area contributed by atoms with Gasteiger partial charge in [-0.2, -0.15) is 13.2 Å². The van der Waals surface area contributed by atoms with E-state index >= 15 is 0 Å². The van der Waals surface area contributed by atoms with Crippen LogP contribution in [0.25, 0.3) is 16.7 Å². The van der Waals surface area contributed by atoms with Crippen molar-refractivity contribution in [1.82, 2.24) is 15.0 Å². The maximum Gasteiger partial charge on any atom is 0.416 e. The molecule has 1 heterocycles. The van der Waals surface area contributed by atoms with Gasteiger partial charge >= 0.3 is 6.18 Å². The fourth-order valence-corrected chi connectivity index (χ4v) is 3.94. The van der Waals surface area contributed by atoms with Crippen LogP contribution in [-0.4, -0.2) is 31.8 Å². The molecule has 0 amide bonds. The molecule has 0 unspecified atom stereocenters. The standard InChI is InChI=1S/C25H24F3N3O2/c1-24(2,17-8-4-3-5-9-17)19-13-16(7-6-12-32)14-22(23(19)33)31-29-20-11-10-18(25(26,27)28)15-21(20)30-31/h3-5,8-11,13-15,32-33H,6-7,12H2,1-2H3. The number of hydrogen-bond acceptors (Lipinski definition) is 4. The molecule has 0 radical (unpaired) electrons. The van der Waals surface area contributed by atoms with Gasteiger partial charge in [0.15, 0.2) is 0 Å². The average molecular weight is 455 g/mol. The molecule has 0 saturated heterocycles. The first-order valence-electron chi connectivity index (χ1n) is 10.6. The van der Waals surface area contributed by atoms with Gasteiger partial charge in [0.05, 0.1) is 5.56 Å². The Bertz CT molecular complexity index is 1280. The second kappa shape index (κ2) is 8.51. The highest BCUT2D eigenvalue weighted by Crippen LogP contribution is 2.41. The van der Waals surface area contributed by atoms with Crippen LogP contribution in [0, 0.1) is 0 Å². The third-order valence-electron chi connectivity index (χ3n) is 5.87. The highest BCUT2D eigenvalue weighted by molar-refractivity contribution is 5.75. The van der Waals surface area contributed by atoms with Crippen LogP contribution in [0.1, 0.15) is 42.5 Å². The summed E-state index contributed by atoms with van der Waals surface area (Å²) in [4.78, 5) is 1.17. The highest BCUT2D eigenvalue weighted by Gasteiger charge is 2.32. The SMILES string of the molecule is CC(C)(c1ccccc1)c1cc(CCCO)cc(-n2nc3ccc(C(F)(F)F)cc3n2)c1O. The molecule has 0 aliphatic heterocycles. The number of nitrogens with zero attached hydrogens (tertiary/aromatic N) is 3. The van der Waals surface area contributed by atoms with Gasteiger partial charge in [0.1, 0.15) is 22.5 Å². The van der Waals surface area contributed by atoms with Gasteiger partial charge in [-0.05, 0) is 48.2 Å². The molecular formula is C25H24F3N3O2. The summed E-state index contributed by atoms with van der Waals surface area (Å²) < 4.78 is 39.3. The number of aromatic nitrogens is 3. The average Bonchev–Trinajstić information content (AvgIpc) is 3.21. The topological polar surface area (TPSA) is 71.2 Å². The largest absolute Gasteiger partial charge is 0.505 e. The van der Waals surface area contributed by atoms with Gasteiger partial charge in [0.25, 0.3) is 0 Å². The van der Waals surface area contributed by atoms with Crippen molar-refractivity contribution < 1.29 is 23.4 Å². The lowest BCUT2D eigenvalue weighted by atomic mass is 9.76. The highest BCUT2D eigenvalue weighted by atomic mass is 19.4. The molecule has 3 aromatic carbocycles. The molecule has 0 atom stereocenters. The number of alkyl halides is 3. The van der Waals surface area contributed by atoms with Gasteiger partial charge in [-0.1, -0.05) is 50.2 Å². The second-order valence-corrected chi connectivity index (χ2v) is 8.52. The summed E-state index contributed by atoms with van der Waals surface area (Å²) in [7, 11) is 0. The molecule has 8 heteroatoms. The molecule has 5 nitrogen and oxygen atoms in total. The van der Waals surface area contributed by atoms with E-state index in [2.05, 4.69) is 10.2 Å². The molecule has 1 aromatic heterocycles. The van der Waals surface area contributed by atoms with Gasteiger partial charge in [0, 0.05) is 17.6 Å². The van der Waals surface area contributed by atoms with Crippen LogP contribution in [0.15, 0.2) is 60.7 Å². The molecule has 2 N–H and O–H groups in total. The molecule has 0 spiro atoms. The number of phenols is 1.